The van der Waals surface area contributed by atoms with Gasteiger partial charge in [-0.15, -0.1) is 0 Å². The average molecular weight is 198 g/mol. The molecule has 0 atom stereocenters. The van der Waals surface area contributed by atoms with E-state index in [0.717, 1.165) is 6.42 Å². The minimum absolute atomic E-state index is 0.152. The molecular weight excluding hydrogens is 184 g/mol. The van der Waals surface area contributed by atoms with Crippen molar-refractivity contribution < 1.29 is 14.4 Å². The topological polar surface area (TPSA) is 75.4 Å². The number of unbranched alkanes of at least 4 members (excludes halogenated alkanes) is 1. The Labute approximate surface area is 82.1 Å². The van der Waals surface area contributed by atoms with E-state index >= 15 is 0 Å². The summed E-state index contributed by atoms with van der Waals surface area (Å²) >= 11 is 0. The van der Waals surface area contributed by atoms with Gasteiger partial charge in [0.15, 0.2) is 5.69 Å². The summed E-state index contributed by atoms with van der Waals surface area (Å²) in [4.78, 5) is 11.3. The maximum atomic E-state index is 11.3. The Morgan fingerprint density at radius 1 is 1.64 bits per heavy atom. The first-order valence-electron chi connectivity index (χ1n) is 4.56. The number of hydrogen-bond acceptors (Lipinski definition) is 4. The predicted octanol–water partition coefficient (Wildman–Crippen LogP) is 0.485. The molecule has 1 heterocycles. The second kappa shape index (κ2) is 5.39. The first kappa shape index (κ1) is 10.7. The second-order valence-corrected chi connectivity index (χ2v) is 3.01. The van der Waals surface area contributed by atoms with Crippen LogP contribution in [0.3, 0.4) is 0 Å². The summed E-state index contributed by atoms with van der Waals surface area (Å²) in [6.07, 6.45) is 1.46. The third kappa shape index (κ3) is 3.18. The van der Waals surface area contributed by atoms with Crippen LogP contribution in [0.2, 0.25) is 0 Å². The number of nitrogens with zero attached hydrogens (tertiary/aromatic N) is 1. The van der Waals surface area contributed by atoms with Crippen LogP contribution in [0.15, 0.2) is 10.6 Å². The first-order valence-corrected chi connectivity index (χ1v) is 4.56. The highest BCUT2D eigenvalue weighted by Gasteiger charge is 2.09. The van der Waals surface area contributed by atoms with E-state index in [2.05, 4.69) is 10.5 Å². The molecule has 0 bridgehead atoms. The highest BCUT2D eigenvalue weighted by Crippen LogP contribution is 2.00. The van der Waals surface area contributed by atoms with Crippen molar-refractivity contribution in [1.82, 2.24) is 10.5 Å². The number of aryl methyl sites for hydroxylation is 1. The Morgan fingerprint density at radius 3 is 3.00 bits per heavy atom. The number of nitrogens with one attached hydrogen (secondary N) is 1. The molecule has 0 aromatic carbocycles. The molecule has 0 spiro atoms. The van der Waals surface area contributed by atoms with Gasteiger partial charge in [0, 0.05) is 19.2 Å². The lowest BCUT2D eigenvalue weighted by atomic mass is 10.3. The highest BCUT2D eigenvalue weighted by atomic mass is 16.5. The van der Waals surface area contributed by atoms with Gasteiger partial charge in [-0.2, -0.15) is 0 Å². The highest BCUT2D eigenvalue weighted by molar-refractivity contribution is 5.92. The molecule has 0 saturated heterocycles. The van der Waals surface area contributed by atoms with Gasteiger partial charge >= 0.3 is 0 Å². The molecule has 5 nitrogen and oxygen atoms in total. The summed E-state index contributed by atoms with van der Waals surface area (Å²) in [6.45, 7) is 2.43. The summed E-state index contributed by atoms with van der Waals surface area (Å²) in [7, 11) is 0. The molecule has 2 N–H and O–H groups in total. The summed E-state index contributed by atoms with van der Waals surface area (Å²) < 4.78 is 4.76. The maximum absolute atomic E-state index is 11.3. The van der Waals surface area contributed by atoms with Crippen molar-refractivity contribution in [1.29, 1.82) is 0 Å². The molecular formula is C9H14N2O3. The zero-order valence-electron chi connectivity index (χ0n) is 8.12. The molecule has 0 aliphatic heterocycles. The van der Waals surface area contributed by atoms with Gasteiger partial charge in [-0.05, 0) is 19.8 Å². The van der Waals surface area contributed by atoms with Gasteiger partial charge in [0.05, 0.1) is 0 Å². The molecule has 0 fully saturated rings. The number of amides is 1. The summed E-state index contributed by atoms with van der Waals surface area (Å²) in [6, 6.07) is 1.58. The Hall–Kier alpha value is -1.36. The summed E-state index contributed by atoms with van der Waals surface area (Å²) in [5, 5.41) is 14.8. The second-order valence-electron chi connectivity index (χ2n) is 3.01. The van der Waals surface area contributed by atoms with Crippen molar-refractivity contribution in [2.45, 2.75) is 19.8 Å². The lowest BCUT2D eigenvalue weighted by Crippen LogP contribution is -2.24. The summed E-state index contributed by atoms with van der Waals surface area (Å²) in [5.74, 6) is 0.380. The molecule has 0 aliphatic carbocycles. The van der Waals surface area contributed by atoms with Crippen molar-refractivity contribution in [3.8, 4) is 0 Å². The largest absolute Gasteiger partial charge is 0.396 e. The average Bonchev–Trinajstić information content (AvgIpc) is 2.59. The lowest BCUT2D eigenvalue weighted by Gasteiger charge is -2.00. The Bertz CT molecular complexity index is 296. The SMILES string of the molecule is Cc1cc(C(=O)NCCCCO)no1. The van der Waals surface area contributed by atoms with Crippen LogP contribution < -0.4 is 5.32 Å². The van der Waals surface area contributed by atoms with Crippen LogP contribution in [0.5, 0.6) is 0 Å². The zero-order valence-corrected chi connectivity index (χ0v) is 8.12. The molecule has 0 radical (unpaired) electrons. The van der Waals surface area contributed by atoms with Crippen LogP contribution in [0.1, 0.15) is 29.1 Å². The zero-order chi connectivity index (χ0) is 10.4. The van der Waals surface area contributed by atoms with Crippen molar-refractivity contribution in [3.05, 3.63) is 17.5 Å². The van der Waals surface area contributed by atoms with E-state index in [-0.39, 0.29) is 12.5 Å². The monoisotopic (exact) mass is 198 g/mol. The molecule has 14 heavy (non-hydrogen) atoms. The van der Waals surface area contributed by atoms with E-state index in [4.69, 9.17) is 9.63 Å². The van der Waals surface area contributed by atoms with Crippen LogP contribution in [-0.4, -0.2) is 29.3 Å². The summed E-state index contributed by atoms with van der Waals surface area (Å²) in [5.41, 5.74) is 0.298. The number of carbonyl (C=O) groups excluding carboxylic acids is 1. The minimum Gasteiger partial charge on any atom is -0.396 e. The fourth-order valence-electron chi connectivity index (χ4n) is 1.00. The third-order valence-electron chi connectivity index (χ3n) is 1.73. The molecule has 0 unspecified atom stereocenters. The Balaban J connectivity index is 2.29. The van der Waals surface area contributed by atoms with E-state index in [1.807, 2.05) is 0 Å². The van der Waals surface area contributed by atoms with Crippen LogP contribution >= 0.6 is 0 Å². The van der Waals surface area contributed by atoms with Crippen LogP contribution in [0.25, 0.3) is 0 Å². The number of carbonyl (C=O) groups is 1. The van der Waals surface area contributed by atoms with Crippen molar-refractivity contribution in [2.24, 2.45) is 0 Å². The normalized spacial score (nSPS) is 10.1. The van der Waals surface area contributed by atoms with Crippen LogP contribution in [0, 0.1) is 6.92 Å². The van der Waals surface area contributed by atoms with Crippen LogP contribution in [0.4, 0.5) is 0 Å². The number of hydrogen-bond donors (Lipinski definition) is 2. The third-order valence-corrected chi connectivity index (χ3v) is 1.73. The van der Waals surface area contributed by atoms with E-state index in [1.54, 1.807) is 13.0 Å². The Kier molecular flexibility index (Phi) is 4.12. The van der Waals surface area contributed by atoms with Gasteiger partial charge < -0.3 is 14.9 Å². The lowest BCUT2D eigenvalue weighted by molar-refractivity contribution is 0.0943. The number of rotatable bonds is 5. The van der Waals surface area contributed by atoms with E-state index in [0.29, 0.717) is 24.4 Å². The molecule has 5 heteroatoms. The van der Waals surface area contributed by atoms with Crippen molar-refractivity contribution in [2.75, 3.05) is 13.2 Å². The maximum Gasteiger partial charge on any atom is 0.273 e. The molecule has 0 saturated carbocycles. The molecule has 78 valence electrons. The Morgan fingerprint density at radius 2 is 2.43 bits per heavy atom. The van der Waals surface area contributed by atoms with E-state index in [9.17, 15) is 4.79 Å². The number of aliphatic hydroxyl groups is 1. The van der Waals surface area contributed by atoms with E-state index in [1.165, 1.54) is 0 Å². The molecule has 1 aromatic heterocycles. The quantitative estimate of drug-likeness (QED) is 0.675. The minimum atomic E-state index is -0.236. The first-order chi connectivity index (χ1) is 6.74. The molecule has 1 rings (SSSR count). The van der Waals surface area contributed by atoms with Gasteiger partial charge in [0.25, 0.3) is 5.91 Å². The fraction of sp³-hybridized carbons (Fsp3) is 0.556. The molecule has 1 aromatic rings. The van der Waals surface area contributed by atoms with Gasteiger partial charge in [0.1, 0.15) is 5.76 Å². The van der Waals surface area contributed by atoms with Gasteiger partial charge in [-0.3, -0.25) is 4.79 Å². The predicted molar refractivity (Wildman–Crippen MR) is 49.9 cm³/mol. The van der Waals surface area contributed by atoms with Gasteiger partial charge in [-0.25, -0.2) is 0 Å². The number of aliphatic hydroxyl groups excluding tert-OH is 1. The molecule has 1 amide bonds. The standard InChI is InChI=1S/C9H14N2O3/c1-7-6-8(11-14-7)9(13)10-4-2-3-5-12/h6,12H,2-5H2,1H3,(H,10,13). The van der Waals surface area contributed by atoms with Crippen LogP contribution in [-0.2, 0) is 0 Å². The van der Waals surface area contributed by atoms with Crippen molar-refractivity contribution in [3.63, 3.8) is 0 Å². The van der Waals surface area contributed by atoms with Gasteiger partial charge in [0.2, 0.25) is 0 Å². The number of aromatic nitrogens is 1. The van der Waals surface area contributed by atoms with E-state index < -0.39 is 0 Å². The smallest absolute Gasteiger partial charge is 0.273 e. The van der Waals surface area contributed by atoms with Crippen molar-refractivity contribution >= 4 is 5.91 Å². The molecule has 0 aliphatic rings. The fourth-order valence-corrected chi connectivity index (χ4v) is 1.00. The van der Waals surface area contributed by atoms with Gasteiger partial charge in [-0.1, -0.05) is 5.16 Å².